The van der Waals surface area contributed by atoms with Crippen LogP contribution < -0.4 is 5.32 Å². The van der Waals surface area contributed by atoms with Gasteiger partial charge < -0.3 is 10.2 Å². The largest absolute Gasteiger partial charge is 0.384 e. The quantitative estimate of drug-likeness (QED) is 0.852. The molecule has 102 valence electrons. The molecule has 0 radical (unpaired) electrons. The lowest BCUT2D eigenvalue weighted by atomic mass is 10.1. The summed E-state index contributed by atoms with van der Waals surface area (Å²) in [6.45, 7) is 4.73. The Morgan fingerprint density at radius 3 is 3.00 bits per heavy atom. The molecule has 1 rings (SSSR count). The van der Waals surface area contributed by atoms with Gasteiger partial charge in [0.25, 0.3) is 5.91 Å². The molecule has 1 atom stereocenters. The first kappa shape index (κ1) is 15.0. The third kappa shape index (κ3) is 3.95. The Morgan fingerprint density at radius 1 is 1.63 bits per heavy atom. The lowest BCUT2D eigenvalue weighted by molar-refractivity contribution is 0.0747. The second kappa shape index (κ2) is 7.37. The third-order valence-electron chi connectivity index (χ3n) is 2.99. The van der Waals surface area contributed by atoms with Crippen molar-refractivity contribution in [2.24, 2.45) is 0 Å². The molecule has 0 saturated heterocycles. The molecule has 1 N–H and O–H groups in total. The zero-order valence-corrected chi connectivity index (χ0v) is 11.7. The molecule has 0 saturated carbocycles. The summed E-state index contributed by atoms with van der Waals surface area (Å²) in [6, 6.07) is 3.76. The van der Waals surface area contributed by atoms with Crippen LogP contribution in [0.15, 0.2) is 18.5 Å². The number of hydrogen-bond acceptors (Lipinski definition) is 4. The van der Waals surface area contributed by atoms with Crippen molar-refractivity contribution in [3.05, 3.63) is 24.0 Å². The maximum atomic E-state index is 12.4. The average Bonchev–Trinajstić information content (AvgIpc) is 2.44. The Kier molecular flexibility index (Phi) is 5.80. The van der Waals surface area contributed by atoms with Gasteiger partial charge in [-0.3, -0.25) is 9.78 Å². The summed E-state index contributed by atoms with van der Waals surface area (Å²) in [4.78, 5) is 18.0. The highest BCUT2D eigenvalue weighted by Crippen LogP contribution is 2.17. The molecule has 0 fully saturated rings. The topological polar surface area (TPSA) is 69.0 Å². The maximum absolute atomic E-state index is 12.4. The second-order valence-corrected chi connectivity index (χ2v) is 4.48. The maximum Gasteiger partial charge on any atom is 0.257 e. The van der Waals surface area contributed by atoms with E-state index in [9.17, 15) is 4.79 Å². The van der Waals surface area contributed by atoms with Crippen molar-refractivity contribution in [1.29, 1.82) is 5.26 Å². The molecule has 19 heavy (non-hydrogen) atoms. The molecule has 0 spiro atoms. The van der Waals surface area contributed by atoms with Crippen molar-refractivity contribution in [1.82, 2.24) is 9.88 Å². The lowest BCUT2D eigenvalue weighted by Gasteiger charge is -2.24. The number of pyridine rings is 1. The first-order valence-corrected chi connectivity index (χ1v) is 6.43. The number of nitrogens with one attached hydrogen (secondary N) is 1. The Labute approximate surface area is 114 Å². The van der Waals surface area contributed by atoms with E-state index in [1.54, 1.807) is 30.4 Å². The molecule has 0 bridgehead atoms. The van der Waals surface area contributed by atoms with Crippen LogP contribution in [0.4, 0.5) is 5.69 Å². The van der Waals surface area contributed by atoms with Gasteiger partial charge in [-0.25, -0.2) is 0 Å². The van der Waals surface area contributed by atoms with Gasteiger partial charge in [-0.15, -0.1) is 0 Å². The molecule has 0 aliphatic carbocycles. The summed E-state index contributed by atoms with van der Waals surface area (Å²) in [5.74, 6) is -0.116. The van der Waals surface area contributed by atoms with Gasteiger partial charge >= 0.3 is 0 Å². The summed E-state index contributed by atoms with van der Waals surface area (Å²) in [5.41, 5.74) is 1.33. The standard InChI is InChI=1S/C14H20N4O/c1-4-8-17-13-6-9-16-10-12(13)14(19)18(3)11(2)5-7-15/h6,9-11H,4-5,8H2,1-3H3,(H,16,17). The van der Waals surface area contributed by atoms with E-state index in [1.807, 2.05) is 6.92 Å². The van der Waals surface area contributed by atoms with Crippen LogP contribution in [0.2, 0.25) is 0 Å². The Morgan fingerprint density at radius 2 is 2.37 bits per heavy atom. The normalized spacial score (nSPS) is 11.5. The molecule has 1 heterocycles. The predicted molar refractivity (Wildman–Crippen MR) is 74.8 cm³/mol. The lowest BCUT2D eigenvalue weighted by Crippen LogP contribution is -2.35. The van der Waals surface area contributed by atoms with Gasteiger partial charge in [0.05, 0.1) is 23.7 Å². The third-order valence-corrected chi connectivity index (χ3v) is 2.99. The second-order valence-electron chi connectivity index (χ2n) is 4.48. The van der Waals surface area contributed by atoms with Gasteiger partial charge in [0, 0.05) is 32.0 Å². The number of rotatable bonds is 6. The van der Waals surface area contributed by atoms with Crippen LogP contribution in [-0.2, 0) is 0 Å². The molecular formula is C14H20N4O. The van der Waals surface area contributed by atoms with Crippen molar-refractivity contribution < 1.29 is 4.79 Å². The van der Waals surface area contributed by atoms with E-state index in [0.29, 0.717) is 12.0 Å². The van der Waals surface area contributed by atoms with Gasteiger partial charge in [-0.2, -0.15) is 5.26 Å². The number of anilines is 1. The van der Waals surface area contributed by atoms with Crippen LogP contribution >= 0.6 is 0 Å². The SMILES string of the molecule is CCCNc1ccncc1C(=O)N(C)C(C)CC#N. The monoisotopic (exact) mass is 260 g/mol. The van der Waals surface area contributed by atoms with Crippen molar-refractivity contribution in [3.8, 4) is 6.07 Å². The summed E-state index contributed by atoms with van der Waals surface area (Å²) < 4.78 is 0. The van der Waals surface area contributed by atoms with Gasteiger partial charge in [-0.05, 0) is 19.4 Å². The van der Waals surface area contributed by atoms with Gasteiger partial charge in [0.2, 0.25) is 0 Å². The highest BCUT2D eigenvalue weighted by Gasteiger charge is 2.20. The minimum atomic E-state index is -0.116. The highest BCUT2D eigenvalue weighted by molar-refractivity contribution is 5.99. The molecule has 1 aromatic rings. The molecule has 1 aromatic heterocycles. The van der Waals surface area contributed by atoms with E-state index in [-0.39, 0.29) is 11.9 Å². The number of nitriles is 1. The minimum absolute atomic E-state index is 0.114. The van der Waals surface area contributed by atoms with Gasteiger partial charge in [0.15, 0.2) is 0 Å². The molecule has 0 aliphatic rings. The van der Waals surface area contributed by atoms with Crippen molar-refractivity contribution >= 4 is 11.6 Å². The van der Waals surface area contributed by atoms with Crippen LogP contribution in [0.25, 0.3) is 0 Å². The summed E-state index contributed by atoms with van der Waals surface area (Å²) in [5, 5.41) is 11.9. The van der Waals surface area contributed by atoms with Crippen LogP contribution in [0.3, 0.4) is 0 Å². The van der Waals surface area contributed by atoms with Gasteiger partial charge in [0.1, 0.15) is 0 Å². The van der Waals surface area contributed by atoms with E-state index < -0.39 is 0 Å². The van der Waals surface area contributed by atoms with E-state index in [2.05, 4.69) is 23.3 Å². The molecule has 1 amide bonds. The Balaban J connectivity index is 2.90. The zero-order chi connectivity index (χ0) is 14.3. The minimum Gasteiger partial charge on any atom is -0.384 e. The molecule has 5 heteroatoms. The fraction of sp³-hybridized carbons (Fsp3) is 0.500. The molecule has 0 aliphatic heterocycles. The molecule has 1 unspecified atom stereocenters. The number of aromatic nitrogens is 1. The van der Waals surface area contributed by atoms with Crippen LogP contribution in [-0.4, -0.2) is 35.4 Å². The van der Waals surface area contributed by atoms with Crippen LogP contribution in [0.1, 0.15) is 37.0 Å². The summed E-state index contributed by atoms with van der Waals surface area (Å²) in [6.07, 6.45) is 4.53. The predicted octanol–water partition coefficient (Wildman–Crippen LogP) is 2.28. The number of carbonyl (C=O) groups excluding carboxylic acids is 1. The molecule has 0 aromatic carbocycles. The highest BCUT2D eigenvalue weighted by atomic mass is 16.2. The van der Waals surface area contributed by atoms with Crippen molar-refractivity contribution in [2.75, 3.05) is 18.9 Å². The molecular weight excluding hydrogens is 240 g/mol. The fourth-order valence-corrected chi connectivity index (χ4v) is 1.64. The Bertz CT molecular complexity index is 467. The van der Waals surface area contributed by atoms with E-state index >= 15 is 0 Å². The number of hydrogen-bond donors (Lipinski definition) is 1. The zero-order valence-electron chi connectivity index (χ0n) is 11.7. The molecule has 5 nitrogen and oxygen atoms in total. The average molecular weight is 260 g/mol. The van der Waals surface area contributed by atoms with Crippen molar-refractivity contribution in [3.63, 3.8) is 0 Å². The van der Waals surface area contributed by atoms with Gasteiger partial charge in [-0.1, -0.05) is 6.92 Å². The van der Waals surface area contributed by atoms with E-state index in [4.69, 9.17) is 5.26 Å². The summed E-state index contributed by atoms with van der Waals surface area (Å²) in [7, 11) is 1.71. The smallest absolute Gasteiger partial charge is 0.257 e. The number of amides is 1. The first-order chi connectivity index (χ1) is 9.11. The van der Waals surface area contributed by atoms with Crippen molar-refractivity contribution in [2.45, 2.75) is 32.7 Å². The Hall–Kier alpha value is -2.09. The van der Waals surface area contributed by atoms with E-state index in [0.717, 1.165) is 18.7 Å². The first-order valence-electron chi connectivity index (χ1n) is 6.43. The number of nitrogens with zero attached hydrogens (tertiary/aromatic N) is 3. The van der Waals surface area contributed by atoms with Crippen LogP contribution in [0.5, 0.6) is 0 Å². The number of carbonyl (C=O) groups is 1. The van der Waals surface area contributed by atoms with Crippen LogP contribution in [0, 0.1) is 11.3 Å². The van der Waals surface area contributed by atoms with E-state index in [1.165, 1.54) is 0 Å². The summed E-state index contributed by atoms with van der Waals surface area (Å²) >= 11 is 0. The fourth-order valence-electron chi connectivity index (χ4n) is 1.64.